The van der Waals surface area contributed by atoms with E-state index >= 15 is 0 Å². The van der Waals surface area contributed by atoms with Crippen molar-refractivity contribution < 1.29 is 18.7 Å². The molecule has 2 aromatic carbocycles. The van der Waals surface area contributed by atoms with E-state index in [0.29, 0.717) is 28.7 Å². The maximum absolute atomic E-state index is 13.4. The number of nitrogens with one attached hydrogen (secondary N) is 1. The van der Waals surface area contributed by atoms with Crippen molar-refractivity contribution in [1.82, 2.24) is 14.4 Å². The summed E-state index contributed by atoms with van der Waals surface area (Å²) in [6.07, 6.45) is 1.94. The van der Waals surface area contributed by atoms with Crippen LogP contribution in [-0.2, 0) is 11.2 Å². The van der Waals surface area contributed by atoms with Crippen LogP contribution < -0.4 is 14.8 Å². The Labute approximate surface area is 202 Å². The van der Waals surface area contributed by atoms with E-state index in [1.54, 1.807) is 26.4 Å². The van der Waals surface area contributed by atoms with Crippen LogP contribution in [0.1, 0.15) is 5.69 Å². The fraction of sp³-hybridized carbons (Fsp3) is 0.125. The number of benzene rings is 2. The quantitative estimate of drug-likeness (QED) is 0.322. The van der Waals surface area contributed by atoms with E-state index in [2.05, 4.69) is 15.3 Å². The van der Waals surface area contributed by atoms with Crippen molar-refractivity contribution in [1.29, 1.82) is 0 Å². The number of thiazole rings is 2. The van der Waals surface area contributed by atoms with Gasteiger partial charge in [-0.3, -0.25) is 9.20 Å². The Morgan fingerprint density at radius 3 is 2.56 bits per heavy atom. The molecule has 0 fully saturated rings. The maximum Gasteiger partial charge on any atom is 0.231 e. The summed E-state index contributed by atoms with van der Waals surface area (Å²) in [5.41, 5.74) is 2.84. The molecule has 3 heterocycles. The lowest BCUT2D eigenvalue weighted by Gasteiger charge is -2.08. The lowest BCUT2D eigenvalue weighted by molar-refractivity contribution is -0.115. The third kappa shape index (κ3) is 4.25. The molecule has 5 aromatic rings. The molecule has 172 valence electrons. The minimum Gasteiger partial charge on any atom is -0.493 e. The van der Waals surface area contributed by atoms with Crippen LogP contribution in [0.3, 0.4) is 0 Å². The average molecular weight is 495 g/mol. The molecule has 5 rings (SSSR count). The first kappa shape index (κ1) is 22.1. The molecule has 0 spiro atoms. The SMILES string of the molecule is COc1ccc(-c2nc(CC(=O)Nc3c(-c4ccc(F)cc4)nc4sccn34)cs2)cc1OC. The van der Waals surface area contributed by atoms with E-state index in [1.807, 2.05) is 39.6 Å². The van der Waals surface area contributed by atoms with Gasteiger partial charge in [0.2, 0.25) is 5.91 Å². The number of amides is 1. The number of methoxy groups -OCH3 is 2. The Balaban J connectivity index is 1.37. The highest BCUT2D eigenvalue weighted by Gasteiger charge is 2.18. The lowest BCUT2D eigenvalue weighted by Crippen LogP contribution is -2.16. The summed E-state index contributed by atoms with van der Waals surface area (Å²) in [6.45, 7) is 0. The van der Waals surface area contributed by atoms with Gasteiger partial charge in [-0.2, -0.15) is 0 Å². The van der Waals surface area contributed by atoms with Crippen molar-refractivity contribution in [3.8, 4) is 33.3 Å². The monoisotopic (exact) mass is 494 g/mol. The third-order valence-corrected chi connectivity index (χ3v) is 6.86. The molecule has 0 saturated carbocycles. The van der Waals surface area contributed by atoms with Gasteiger partial charge < -0.3 is 14.8 Å². The van der Waals surface area contributed by atoms with E-state index in [9.17, 15) is 9.18 Å². The predicted molar refractivity (Wildman–Crippen MR) is 131 cm³/mol. The number of fused-ring (bicyclic) bond motifs is 1. The number of nitrogens with zero attached hydrogens (tertiary/aromatic N) is 3. The first-order chi connectivity index (χ1) is 16.6. The van der Waals surface area contributed by atoms with Crippen molar-refractivity contribution in [2.75, 3.05) is 19.5 Å². The van der Waals surface area contributed by atoms with Crippen LogP contribution in [0.5, 0.6) is 11.5 Å². The molecule has 0 aliphatic carbocycles. The molecule has 7 nitrogen and oxygen atoms in total. The van der Waals surface area contributed by atoms with Crippen LogP contribution in [0.25, 0.3) is 26.8 Å². The number of halogens is 1. The number of ether oxygens (including phenoxy) is 2. The molecule has 0 radical (unpaired) electrons. The largest absolute Gasteiger partial charge is 0.493 e. The molecule has 1 amide bonds. The fourth-order valence-electron chi connectivity index (χ4n) is 3.54. The highest BCUT2D eigenvalue weighted by atomic mass is 32.1. The van der Waals surface area contributed by atoms with Crippen LogP contribution in [0.4, 0.5) is 10.2 Å². The number of hydrogen-bond donors (Lipinski definition) is 1. The van der Waals surface area contributed by atoms with Gasteiger partial charge in [0.05, 0.1) is 26.3 Å². The van der Waals surface area contributed by atoms with E-state index in [-0.39, 0.29) is 18.1 Å². The maximum atomic E-state index is 13.4. The second-order valence-corrected chi connectivity index (χ2v) is 9.04. The van der Waals surface area contributed by atoms with Gasteiger partial charge >= 0.3 is 0 Å². The van der Waals surface area contributed by atoms with Gasteiger partial charge in [0.25, 0.3) is 0 Å². The average Bonchev–Trinajstić information content (AvgIpc) is 3.57. The fourth-order valence-corrected chi connectivity index (χ4v) is 5.08. The van der Waals surface area contributed by atoms with Crippen LogP contribution >= 0.6 is 22.7 Å². The number of carbonyl (C=O) groups excluding carboxylic acids is 1. The van der Waals surface area contributed by atoms with Gasteiger partial charge in [-0.05, 0) is 42.5 Å². The Morgan fingerprint density at radius 2 is 1.79 bits per heavy atom. The van der Waals surface area contributed by atoms with Gasteiger partial charge in [-0.15, -0.1) is 22.7 Å². The number of imidazole rings is 1. The second-order valence-electron chi connectivity index (χ2n) is 7.31. The molecule has 3 aromatic heterocycles. The van der Waals surface area contributed by atoms with E-state index in [1.165, 1.54) is 34.8 Å². The summed E-state index contributed by atoms with van der Waals surface area (Å²) in [7, 11) is 3.17. The molecule has 0 aliphatic rings. The molecule has 10 heteroatoms. The Morgan fingerprint density at radius 1 is 1.03 bits per heavy atom. The molecule has 34 heavy (non-hydrogen) atoms. The summed E-state index contributed by atoms with van der Waals surface area (Å²) >= 11 is 2.91. The second kappa shape index (κ2) is 9.24. The van der Waals surface area contributed by atoms with Crippen LogP contribution in [0, 0.1) is 5.82 Å². The highest BCUT2D eigenvalue weighted by molar-refractivity contribution is 7.15. The first-order valence-electron chi connectivity index (χ1n) is 10.2. The van der Waals surface area contributed by atoms with Crippen molar-refractivity contribution >= 4 is 39.4 Å². The molecular weight excluding hydrogens is 475 g/mol. The molecule has 0 unspecified atom stereocenters. The smallest absolute Gasteiger partial charge is 0.231 e. The Hall–Kier alpha value is -3.76. The summed E-state index contributed by atoms with van der Waals surface area (Å²) < 4.78 is 25.9. The Kier molecular flexibility index (Phi) is 5.99. The zero-order valence-electron chi connectivity index (χ0n) is 18.2. The normalized spacial score (nSPS) is 11.0. The third-order valence-electron chi connectivity index (χ3n) is 5.16. The van der Waals surface area contributed by atoms with Crippen LogP contribution in [0.15, 0.2) is 59.4 Å². The topological polar surface area (TPSA) is 77.8 Å². The van der Waals surface area contributed by atoms with Gasteiger partial charge in [0, 0.05) is 28.1 Å². The highest BCUT2D eigenvalue weighted by Crippen LogP contribution is 2.34. The standard InChI is InChI=1S/C24H19FN4O3S2/c1-31-18-8-5-15(11-19(18)32-2)23-26-17(13-34-23)12-20(30)27-22-21(14-3-6-16(25)7-4-14)28-24-29(22)9-10-33-24/h3-11,13H,12H2,1-2H3,(H,27,30). The first-order valence-corrected chi connectivity index (χ1v) is 12.0. The van der Waals surface area contributed by atoms with Gasteiger partial charge in [-0.1, -0.05) is 0 Å². The zero-order valence-corrected chi connectivity index (χ0v) is 19.9. The summed E-state index contributed by atoms with van der Waals surface area (Å²) in [5, 5.41) is 7.50. The van der Waals surface area contributed by atoms with Crippen molar-refractivity contribution in [2.24, 2.45) is 0 Å². The number of aromatic nitrogens is 3. The molecule has 0 saturated heterocycles. The number of anilines is 1. The van der Waals surface area contributed by atoms with Crippen molar-refractivity contribution in [2.45, 2.75) is 6.42 Å². The number of rotatable bonds is 7. The van der Waals surface area contributed by atoms with E-state index < -0.39 is 0 Å². The molecule has 1 N–H and O–H groups in total. The van der Waals surface area contributed by atoms with Crippen LogP contribution in [0.2, 0.25) is 0 Å². The van der Waals surface area contributed by atoms with Gasteiger partial charge in [0.15, 0.2) is 16.5 Å². The van der Waals surface area contributed by atoms with Gasteiger partial charge in [-0.25, -0.2) is 14.4 Å². The van der Waals surface area contributed by atoms with Gasteiger partial charge in [0.1, 0.15) is 22.3 Å². The van der Waals surface area contributed by atoms with Crippen molar-refractivity contribution in [3.63, 3.8) is 0 Å². The predicted octanol–water partition coefficient (Wildman–Crippen LogP) is 5.52. The Bertz CT molecular complexity index is 1470. The zero-order chi connectivity index (χ0) is 23.7. The molecule has 0 bridgehead atoms. The van der Waals surface area contributed by atoms with E-state index in [4.69, 9.17) is 9.47 Å². The minimum atomic E-state index is -0.329. The number of carbonyl (C=O) groups is 1. The minimum absolute atomic E-state index is 0.101. The van der Waals surface area contributed by atoms with Crippen LogP contribution in [-0.4, -0.2) is 34.5 Å². The lowest BCUT2D eigenvalue weighted by atomic mass is 10.1. The number of hydrogen-bond acceptors (Lipinski definition) is 7. The molecular formula is C24H19FN4O3S2. The van der Waals surface area contributed by atoms with Crippen molar-refractivity contribution in [3.05, 3.63) is 70.9 Å². The van der Waals surface area contributed by atoms with E-state index in [0.717, 1.165) is 21.1 Å². The molecule has 0 aliphatic heterocycles. The summed E-state index contributed by atoms with van der Waals surface area (Å²) in [4.78, 5) is 22.9. The molecule has 0 atom stereocenters. The summed E-state index contributed by atoms with van der Waals surface area (Å²) in [6, 6.07) is 11.6. The summed E-state index contributed by atoms with van der Waals surface area (Å²) in [5.74, 6) is 1.25.